The maximum absolute atomic E-state index is 5.09. The normalized spacial score (nSPS) is 15.7. The standard InChI is InChI=1S/C22H38N4O/c1-3-23-22(24-14-6-4-9-17-27-2)25-18-20-10-12-21(13-11-20)19-26-15-7-5-8-16-26/h10-13H,3-9,14-19H2,1-2H3,(H2,23,24,25). The molecule has 5 heteroatoms. The minimum Gasteiger partial charge on any atom is -0.385 e. The third-order valence-electron chi connectivity index (χ3n) is 4.96. The van der Waals surface area contributed by atoms with E-state index in [2.05, 4.69) is 46.7 Å². The monoisotopic (exact) mass is 374 g/mol. The van der Waals surface area contributed by atoms with Crippen LogP contribution >= 0.6 is 0 Å². The first kappa shape index (κ1) is 21.7. The highest BCUT2D eigenvalue weighted by molar-refractivity contribution is 5.79. The lowest BCUT2D eigenvalue weighted by Crippen LogP contribution is -2.37. The van der Waals surface area contributed by atoms with Crippen molar-refractivity contribution in [1.82, 2.24) is 15.5 Å². The summed E-state index contributed by atoms with van der Waals surface area (Å²) in [4.78, 5) is 7.29. The molecule has 5 nitrogen and oxygen atoms in total. The third-order valence-corrected chi connectivity index (χ3v) is 4.96. The van der Waals surface area contributed by atoms with Gasteiger partial charge in [-0.05, 0) is 63.2 Å². The molecule has 0 aromatic heterocycles. The highest BCUT2D eigenvalue weighted by atomic mass is 16.5. The molecule has 0 amide bonds. The minimum atomic E-state index is 0.711. The van der Waals surface area contributed by atoms with Gasteiger partial charge in [-0.1, -0.05) is 30.7 Å². The van der Waals surface area contributed by atoms with Crippen LogP contribution in [0.5, 0.6) is 0 Å². The Morgan fingerprint density at radius 3 is 2.44 bits per heavy atom. The number of methoxy groups -OCH3 is 1. The van der Waals surface area contributed by atoms with E-state index in [-0.39, 0.29) is 0 Å². The molecule has 2 N–H and O–H groups in total. The fourth-order valence-electron chi connectivity index (χ4n) is 3.39. The molecule has 0 atom stereocenters. The largest absolute Gasteiger partial charge is 0.385 e. The molecule has 1 aromatic carbocycles. The number of unbranched alkanes of at least 4 members (excludes halogenated alkanes) is 2. The predicted octanol–water partition coefficient (Wildman–Crippen LogP) is 3.54. The van der Waals surface area contributed by atoms with Gasteiger partial charge in [-0.3, -0.25) is 4.90 Å². The second-order valence-corrected chi connectivity index (χ2v) is 7.33. The average Bonchev–Trinajstić information content (AvgIpc) is 2.70. The fourth-order valence-corrected chi connectivity index (χ4v) is 3.39. The highest BCUT2D eigenvalue weighted by Crippen LogP contribution is 2.14. The number of rotatable bonds is 11. The maximum atomic E-state index is 5.09. The van der Waals surface area contributed by atoms with Gasteiger partial charge >= 0.3 is 0 Å². The summed E-state index contributed by atoms with van der Waals surface area (Å²) >= 11 is 0. The number of nitrogens with one attached hydrogen (secondary N) is 2. The van der Waals surface area contributed by atoms with Crippen LogP contribution in [0.15, 0.2) is 29.3 Å². The van der Waals surface area contributed by atoms with Gasteiger partial charge in [-0.2, -0.15) is 0 Å². The first-order valence-electron chi connectivity index (χ1n) is 10.6. The molecule has 1 aliphatic heterocycles. The van der Waals surface area contributed by atoms with Gasteiger partial charge in [0.15, 0.2) is 5.96 Å². The molecule has 0 bridgehead atoms. The van der Waals surface area contributed by atoms with E-state index in [1.807, 2.05) is 0 Å². The van der Waals surface area contributed by atoms with Gasteiger partial charge in [0.25, 0.3) is 0 Å². The van der Waals surface area contributed by atoms with Crippen LogP contribution < -0.4 is 10.6 Å². The van der Waals surface area contributed by atoms with Crippen LogP contribution in [0.1, 0.15) is 56.6 Å². The second kappa shape index (κ2) is 13.6. The van der Waals surface area contributed by atoms with Crippen LogP contribution in [-0.4, -0.2) is 50.8 Å². The quantitative estimate of drug-likeness (QED) is 0.353. The molecule has 1 fully saturated rings. The van der Waals surface area contributed by atoms with E-state index in [1.165, 1.54) is 49.9 Å². The number of nitrogens with zero attached hydrogens (tertiary/aromatic N) is 2. The third kappa shape index (κ3) is 9.25. The summed E-state index contributed by atoms with van der Waals surface area (Å²) in [5.74, 6) is 0.904. The van der Waals surface area contributed by atoms with Gasteiger partial charge in [-0.15, -0.1) is 0 Å². The fraction of sp³-hybridized carbons (Fsp3) is 0.682. The Balaban J connectivity index is 1.74. The van der Waals surface area contributed by atoms with Crippen LogP contribution in [0, 0.1) is 0 Å². The van der Waals surface area contributed by atoms with Crippen molar-refractivity contribution in [2.24, 2.45) is 4.99 Å². The summed E-state index contributed by atoms with van der Waals surface area (Å²) in [5, 5.41) is 6.75. The molecule has 152 valence electrons. The number of hydrogen-bond acceptors (Lipinski definition) is 3. The van der Waals surface area contributed by atoms with E-state index in [9.17, 15) is 0 Å². The van der Waals surface area contributed by atoms with E-state index < -0.39 is 0 Å². The Labute approximate surface area is 165 Å². The first-order chi connectivity index (χ1) is 13.3. The number of likely N-dealkylation sites (tertiary alicyclic amines) is 1. The predicted molar refractivity (Wildman–Crippen MR) is 114 cm³/mol. The van der Waals surface area contributed by atoms with Crippen LogP contribution in [0.3, 0.4) is 0 Å². The van der Waals surface area contributed by atoms with Crippen molar-refractivity contribution in [3.63, 3.8) is 0 Å². The topological polar surface area (TPSA) is 48.9 Å². The van der Waals surface area contributed by atoms with E-state index in [4.69, 9.17) is 9.73 Å². The van der Waals surface area contributed by atoms with Gasteiger partial charge in [-0.25, -0.2) is 4.99 Å². The molecule has 1 aromatic rings. The summed E-state index contributed by atoms with van der Waals surface area (Å²) in [7, 11) is 1.76. The molecule has 0 unspecified atom stereocenters. The van der Waals surface area contributed by atoms with E-state index >= 15 is 0 Å². The number of guanidine groups is 1. The zero-order valence-electron chi connectivity index (χ0n) is 17.3. The van der Waals surface area contributed by atoms with Gasteiger partial charge in [0.05, 0.1) is 6.54 Å². The van der Waals surface area contributed by atoms with Crippen LogP contribution in [0.4, 0.5) is 0 Å². The van der Waals surface area contributed by atoms with Crippen molar-refractivity contribution in [3.05, 3.63) is 35.4 Å². The number of piperidine rings is 1. The summed E-state index contributed by atoms with van der Waals surface area (Å²) in [6, 6.07) is 8.96. The number of aliphatic imine (C=N–C) groups is 1. The van der Waals surface area contributed by atoms with Crippen molar-refractivity contribution in [3.8, 4) is 0 Å². The lowest BCUT2D eigenvalue weighted by Gasteiger charge is -2.26. The van der Waals surface area contributed by atoms with Gasteiger partial charge < -0.3 is 15.4 Å². The minimum absolute atomic E-state index is 0.711. The summed E-state index contributed by atoms with van der Waals surface area (Å²) in [6.07, 6.45) is 7.52. The smallest absolute Gasteiger partial charge is 0.191 e. The number of hydrogen-bond donors (Lipinski definition) is 2. The maximum Gasteiger partial charge on any atom is 0.191 e. The van der Waals surface area contributed by atoms with Crippen molar-refractivity contribution in [1.29, 1.82) is 0 Å². The Kier molecular flexibility index (Phi) is 10.9. The number of ether oxygens (including phenoxy) is 1. The van der Waals surface area contributed by atoms with Crippen molar-refractivity contribution in [2.75, 3.05) is 39.9 Å². The summed E-state index contributed by atoms with van der Waals surface area (Å²) in [6.45, 7) is 9.06. The average molecular weight is 375 g/mol. The molecule has 0 saturated carbocycles. The highest BCUT2D eigenvalue weighted by Gasteiger charge is 2.10. The molecule has 1 saturated heterocycles. The molecule has 2 rings (SSSR count). The molecule has 1 aliphatic rings. The zero-order valence-corrected chi connectivity index (χ0v) is 17.3. The molecule has 0 spiro atoms. The number of benzene rings is 1. The van der Waals surface area contributed by atoms with Crippen LogP contribution in [0.2, 0.25) is 0 Å². The summed E-state index contributed by atoms with van der Waals surface area (Å²) < 4.78 is 5.09. The van der Waals surface area contributed by atoms with Crippen molar-refractivity contribution < 1.29 is 4.74 Å². The Hall–Kier alpha value is -1.59. The van der Waals surface area contributed by atoms with E-state index in [0.29, 0.717) is 6.54 Å². The SMILES string of the molecule is CCNC(=NCc1ccc(CN2CCCCC2)cc1)NCCCCCOC. The molecule has 27 heavy (non-hydrogen) atoms. The second-order valence-electron chi connectivity index (χ2n) is 7.33. The first-order valence-corrected chi connectivity index (χ1v) is 10.6. The Morgan fingerprint density at radius 2 is 1.74 bits per heavy atom. The van der Waals surface area contributed by atoms with Gasteiger partial charge in [0.1, 0.15) is 0 Å². The van der Waals surface area contributed by atoms with Crippen LogP contribution in [-0.2, 0) is 17.8 Å². The summed E-state index contributed by atoms with van der Waals surface area (Å²) in [5.41, 5.74) is 2.67. The van der Waals surface area contributed by atoms with E-state index in [1.54, 1.807) is 7.11 Å². The Morgan fingerprint density at radius 1 is 1.00 bits per heavy atom. The molecule has 0 aliphatic carbocycles. The molecular formula is C22H38N4O. The van der Waals surface area contributed by atoms with Crippen molar-refractivity contribution in [2.45, 2.75) is 58.5 Å². The van der Waals surface area contributed by atoms with Crippen molar-refractivity contribution >= 4 is 5.96 Å². The molecule has 1 heterocycles. The molecule has 0 radical (unpaired) electrons. The van der Waals surface area contributed by atoms with E-state index in [0.717, 1.165) is 45.0 Å². The lowest BCUT2D eigenvalue weighted by molar-refractivity contribution is 0.192. The van der Waals surface area contributed by atoms with Crippen LogP contribution in [0.25, 0.3) is 0 Å². The molecular weight excluding hydrogens is 336 g/mol. The Bertz CT molecular complexity index is 524. The van der Waals surface area contributed by atoms with Gasteiger partial charge in [0, 0.05) is 33.4 Å². The van der Waals surface area contributed by atoms with Gasteiger partial charge in [0.2, 0.25) is 0 Å². The zero-order chi connectivity index (χ0) is 19.2. The lowest BCUT2D eigenvalue weighted by atomic mass is 10.1.